The van der Waals surface area contributed by atoms with Gasteiger partial charge in [0.1, 0.15) is 11.0 Å². The molecule has 1 aliphatic rings. The molecule has 0 bridgehead atoms. The smallest absolute Gasteiger partial charge is 0.244 e. The van der Waals surface area contributed by atoms with Crippen LogP contribution in [0.1, 0.15) is 16.6 Å². The van der Waals surface area contributed by atoms with Crippen molar-refractivity contribution in [2.24, 2.45) is 10.2 Å². The predicted octanol–water partition coefficient (Wildman–Crippen LogP) is 2.57. The van der Waals surface area contributed by atoms with E-state index in [1.165, 1.54) is 18.0 Å². The molecule has 0 aliphatic carbocycles. The Bertz CT molecular complexity index is 650. The molecular formula is C14H11N3O2S. The van der Waals surface area contributed by atoms with Gasteiger partial charge < -0.3 is 9.73 Å². The summed E-state index contributed by atoms with van der Waals surface area (Å²) in [5.74, 6) is 0.538. The average Bonchev–Trinajstić information content (AvgIpc) is 3.10. The van der Waals surface area contributed by atoms with Gasteiger partial charge in [-0.05, 0) is 17.7 Å². The van der Waals surface area contributed by atoms with Gasteiger partial charge in [-0.2, -0.15) is 5.10 Å². The van der Waals surface area contributed by atoms with Crippen LogP contribution < -0.4 is 5.32 Å². The van der Waals surface area contributed by atoms with Crippen LogP contribution in [-0.2, 0) is 4.79 Å². The number of thioether (sulfide) groups is 1. The lowest BCUT2D eigenvalue weighted by Crippen LogP contribution is -2.21. The maximum atomic E-state index is 11.9. The molecule has 1 N–H and O–H groups in total. The van der Waals surface area contributed by atoms with E-state index in [4.69, 9.17) is 4.42 Å². The third-order valence-electron chi connectivity index (χ3n) is 2.68. The number of carbonyl (C=O) groups is 1. The van der Waals surface area contributed by atoms with E-state index in [-0.39, 0.29) is 11.2 Å². The summed E-state index contributed by atoms with van der Waals surface area (Å²) in [6.45, 7) is 0. The fourth-order valence-corrected chi connectivity index (χ4v) is 2.70. The molecule has 100 valence electrons. The molecule has 0 saturated carbocycles. The third-order valence-corrected chi connectivity index (χ3v) is 3.81. The van der Waals surface area contributed by atoms with Gasteiger partial charge in [-0.1, -0.05) is 42.1 Å². The van der Waals surface area contributed by atoms with E-state index in [9.17, 15) is 4.79 Å². The fourth-order valence-electron chi connectivity index (χ4n) is 1.76. The zero-order valence-electron chi connectivity index (χ0n) is 10.4. The molecule has 1 fully saturated rings. The van der Waals surface area contributed by atoms with Crippen molar-refractivity contribution in [1.82, 2.24) is 5.32 Å². The van der Waals surface area contributed by atoms with Crippen LogP contribution in [0.5, 0.6) is 0 Å². The van der Waals surface area contributed by atoms with Crippen LogP contribution in [0.3, 0.4) is 0 Å². The van der Waals surface area contributed by atoms with Crippen LogP contribution in [0.2, 0.25) is 0 Å². The Morgan fingerprint density at radius 2 is 2.05 bits per heavy atom. The van der Waals surface area contributed by atoms with E-state index in [0.717, 1.165) is 5.56 Å². The van der Waals surface area contributed by atoms with E-state index in [1.54, 1.807) is 18.4 Å². The average molecular weight is 285 g/mol. The topological polar surface area (TPSA) is 67.0 Å². The molecule has 1 aliphatic heterocycles. The van der Waals surface area contributed by atoms with Crippen LogP contribution in [0.15, 0.2) is 63.3 Å². The van der Waals surface area contributed by atoms with Gasteiger partial charge >= 0.3 is 0 Å². The fraction of sp³-hybridized carbons (Fsp3) is 0.0714. The van der Waals surface area contributed by atoms with E-state index in [0.29, 0.717) is 10.9 Å². The lowest BCUT2D eigenvalue weighted by atomic mass is 10.1. The van der Waals surface area contributed by atoms with Crippen molar-refractivity contribution >= 4 is 29.1 Å². The van der Waals surface area contributed by atoms with E-state index < -0.39 is 0 Å². The summed E-state index contributed by atoms with van der Waals surface area (Å²) in [5, 5.41) is 10.8. The first kappa shape index (κ1) is 12.7. The number of carbonyl (C=O) groups excluding carboxylic acids is 1. The van der Waals surface area contributed by atoms with Crippen LogP contribution in [-0.4, -0.2) is 17.3 Å². The van der Waals surface area contributed by atoms with Crippen LogP contribution in [0.4, 0.5) is 0 Å². The second-order valence-corrected chi connectivity index (χ2v) is 5.16. The van der Waals surface area contributed by atoms with Crippen molar-refractivity contribution in [2.75, 3.05) is 0 Å². The van der Waals surface area contributed by atoms with Crippen LogP contribution in [0, 0.1) is 0 Å². The summed E-state index contributed by atoms with van der Waals surface area (Å²) in [5.41, 5.74) is 0.954. The van der Waals surface area contributed by atoms with Crippen molar-refractivity contribution in [1.29, 1.82) is 0 Å². The molecule has 1 saturated heterocycles. The second-order valence-electron chi connectivity index (χ2n) is 4.06. The first-order chi connectivity index (χ1) is 9.83. The lowest BCUT2D eigenvalue weighted by Gasteiger charge is -2.03. The summed E-state index contributed by atoms with van der Waals surface area (Å²) in [4.78, 5) is 11.9. The summed E-state index contributed by atoms with van der Waals surface area (Å²) in [7, 11) is 0. The monoisotopic (exact) mass is 285 g/mol. The quantitative estimate of drug-likeness (QED) is 0.696. The van der Waals surface area contributed by atoms with Gasteiger partial charge in [0.15, 0.2) is 5.17 Å². The number of benzene rings is 1. The number of hydrogen-bond acceptors (Lipinski definition) is 5. The summed E-state index contributed by atoms with van der Waals surface area (Å²) in [6.07, 6.45) is 3.06. The molecule has 20 heavy (non-hydrogen) atoms. The molecule has 2 aromatic rings. The summed E-state index contributed by atoms with van der Waals surface area (Å²) in [6, 6.07) is 13.1. The van der Waals surface area contributed by atoms with Gasteiger partial charge in [-0.25, -0.2) is 0 Å². The van der Waals surface area contributed by atoms with Crippen molar-refractivity contribution in [2.45, 2.75) is 5.25 Å². The highest BCUT2D eigenvalue weighted by molar-refractivity contribution is 8.15. The maximum Gasteiger partial charge on any atom is 0.244 e. The second kappa shape index (κ2) is 5.75. The largest absolute Gasteiger partial charge is 0.463 e. The lowest BCUT2D eigenvalue weighted by molar-refractivity contribution is -0.118. The van der Waals surface area contributed by atoms with Gasteiger partial charge in [0, 0.05) is 0 Å². The summed E-state index contributed by atoms with van der Waals surface area (Å²) < 4.78 is 5.10. The number of nitrogens with zero attached hydrogens (tertiary/aromatic N) is 2. The van der Waals surface area contributed by atoms with Crippen molar-refractivity contribution in [3.63, 3.8) is 0 Å². The minimum Gasteiger partial charge on any atom is -0.463 e. The molecule has 3 rings (SSSR count). The SMILES string of the molecule is O=C1N/C(=N\N=Cc2ccco2)SC1c1ccccc1. The Balaban J connectivity index is 1.70. The molecule has 1 aromatic carbocycles. The van der Waals surface area contributed by atoms with Crippen LogP contribution >= 0.6 is 11.8 Å². The molecule has 0 spiro atoms. The van der Waals surface area contributed by atoms with Crippen LogP contribution in [0.25, 0.3) is 0 Å². The standard InChI is InChI=1S/C14H11N3O2S/c18-13-12(10-5-2-1-3-6-10)20-14(16-13)17-15-9-11-7-4-8-19-11/h1-9,12H,(H,16,17,18). The number of rotatable bonds is 3. The molecule has 1 unspecified atom stereocenters. The van der Waals surface area contributed by atoms with E-state index in [1.807, 2.05) is 30.3 Å². The molecule has 1 amide bonds. The van der Waals surface area contributed by atoms with Crippen molar-refractivity contribution in [3.8, 4) is 0 Å². The first-order valence-electron chi connectivity index (χ1n) is 6.00. The molecule has 5 nitrogen and oxygen atoms in total. The number of nitrogens with one attached hydrogen (secondary N) is 1. The van der Waals surface area contributed by atoms with E-state index >= 15 is 0 Å². The Labute approximate surface area is 119 Å². The maximum absolute atomic E-state index is 11.9. The Kier molecular flexibility index (Phi) is 3.64. The molecule has 1 aromatic heterocycles. The predicted molar refractivity (Wildman–Crippen MR) is 78.7 cm³/mol. The zero-order valence-corrected chi connectivity index (χ0v) is 11.2. The highest BCUT2D eigenvalue weighted by Crippen LogP contribution is 2.34. The Morgan fingerprint density at radius 3 is 2.80 bits per heavy atom. The molecule has 1 atom stereocenters. The first-order valence-corrected chi connectivity index (χ1v) is 6.88. The number of amides is 1. The minimum absolute atomic E-state index is 0.0758. The van der Waals surface area contributed by atoms with Gasteiger partial charge in [-0.3, -0.25) is 4.79 Å². The van der Waals surface area contributed by atoms with Gasteiger partial charge in [0.2, 0.25) is 5.91 Å². The van der Waals surface area contributed by atoms with Crippen molar-refractivity contribution < 1.29 is 9.21 Å². The molecule has 6 heteroatoms. The van der Waals surface area contributed by atoms with E-state index in [2.05, 4.69) is 15.5 Å². The van der Waals surface area contributed by atoms with Crippen molar-refractivity contribution in [3.05, 3.63) is 60.1 Å². The Hall–Kier alpha value is -2.34. The van der Waals surface area contributed by atoms with Gasteiger partial charge in [0.25, 0.3) is 0 Å². The summed E-state index contributed by atoms with van der Waals surface area (Å²) >= 11 is 1.35. The van der Waals surface area contributed by atoms with Gasteiger partial charge in [-0.15, -0.1) is 5.10 Å². The Morgan fingerprint density at radius 1 is 1.20 bits per heavy atom. The molecular weight excluding hydrogens is 274 g/mol. The third kappa shape index (κ3) is 2.80. The number of amidine groups is 1. The number of hydrogen-bond donors (Lipinski definition) is 1. The molecule has 2 heterocycles. The number of furan rings is 1. The highest BCUT2D eigenvalue weighted by atomic mass is 32.2. The normalized spacial score (nSPS) is 20.7. The zero-order chi connectivity index (χ0) is 13.8. The minimum atomic E-state index is -0.270. The van der Waals surface area contributed by atoms with Gasteiger partial charge in [0.05, 0.1) is 12.5 Å². The molecule has 0 radical (unpaired) electrons. The highest BCUT2D eigenvalue weighted by Gasteiger charge is 2.31.